The van der Waals surface area contributed by atoms with Crippen molar-refractivity contribution in [1.82, 2.24) is 15.3 Å². The van der Waals surface area contributed by atoms with Gasteiger partial charge in [0.25, 0.3) is 0 Å². The van der Waals surface area contributed by atoms with Crippen molar-refractivity contribution in [2.75, 3.05) is 13.1 Å². The fourth-order valence-electron chi connectivity index (χ4n) is 3.18. The number of hydrogen-bond donors (Lipinski definition) is 2. The van der Waals surface area contributed by atoms with E-state index in [0.717, 1.165) is 35.5 Å². The predicted molar refractivity (Wildman–Crippen MR) is 102 cm³/mol. The molecule has 3 heterocycles. The molecule has 4 aromatic rings. The normalized spacial score (nSPS) is 14.0. The monoisotopic (exact) mass is 364 g/mol. The van der Waals surface area contributed by atoms with Crippen LogP contribution in [0.2, 0.25) is 5.02 Å². The molecule has 0 bridgehead atoms. The number of aromatic amines is 1. The van der Waals surface area contributed by atoms with E-state index in [1.165, 1.54) is 0 Å². The van der Waals surface area contributed by atoms with Crippen molar-refractivity contribution in [3.63, 3.8) is 0 Å². The first-order valence-electron chi connectivity index (χ1n) is 8.21. The largest absolute Gasteiger partial charge is 0.422 e. The molecule has 0 amide bonds. The molecule has 0 spiro atoms. The summed E-state index contributed by atoms with van der Waals surface area (Å²) in [7, 11) is 0. The van der Waals surface area contributed by atoms with Gasteiger partial charge in [-0.15, -0.1) is 0 Å². The van der Waals surface area contributed by atoms with E-state index in [1.807, 2.05) is 30.3 Å². The number of amidine groups is 1. The molecule has 0 fully saturated rings. The Labute approximate surface area is 152 Å². The molecular weight excluding hydrogens is 352 g/mol. The van der Waals surface area contributed by atoms with Crippen molar-refractivity contribution in [1.29, 1.82) is 0 Å². The molecule has 2 aromatic heterocycles. The van der Waals surface area contributed by atoms with Gasteiger partial charge in [0.2, 0.25) is 0 Å². The van der Waals surface area contributed by atoms with Gasteiger partial charge in [-0.2, -0.15) is 0 Å². The number of para-hydroxylation sites is 1. The van der Waals surface area contributed by atoms with Crippen LogP contribution in [0.1, 0.15) is 5.56 Å². The Morgan fingerprint density at radius 3 is 2.88 bits per heavy atom. The van der Waals surface area contributed by atoms with E-state index >= 15 is 0 Å². The van der Waals surface area contributed by atoms with Gasteiger partial charge in [-0.05, 0) is 30.3 Å². The fourth-order valence-corrected chi connectivity index (χ4v) is 3.50. The quantitative estimate of drug-likeness (QED) is 0.534. The number of benzene rings is 2. The van der Waals surface area contributed by atoms with Gasteiger partial charge in [0.1, 0.15) is 22.8 Å². The Morgan fingerprint density at radius 1 is 1.15 bits per heavy atom. The van der Waals surface area contributed by atoms with Crippen LogP contribution in [0.3, 0.4) is 0 Å². The standard InChI is InChI=1S/C19H13ClN4O2/c20-16-11-3-1-2-4-14(11)26-19(25)15(16)18-23-12-6-5-10(9-13(12)24-18)17-21-7-8-22-17/h1-6,9H,7-8H2,(H,21,22)(H,23,24). The SMILES string of the molecule is O=c1oc2ccccc2c(Cl)c1-c1nc2ccc(C3=NCCN3)cc2[nH]1. The minimum Gasteiger partial charge on any atom is -0.422 e. The summed E-state index contributed by atoms with van der Waals surface area (Å²) in [5.41, 5.74) is 2.69. The molecule has 0 aliphatic carbocycles. The number of aromatic nitrogens is 2. The zero-order valence-electron chi connectivity index (χ0n) is 13.5. The van der Waals surface area contributed by atoms with E-state index in [-0.39, 0.29) is 5.56 Å². The summed E-state index contributed by atoms with van der Waals surface area (Å²) >= 11 is 6.49. The van der Waals surface area contributed by atoms with Crippen LogP contribution in [0.5, 0.6) is 0 Å². The summed E-state index contributed by atoms with van der Waals surface area (Å²) < 4.78 is 5.40. The molecule has 1 aliphatic heterocycles. The van der Waals surface area contributed by atoms with Crippen LogP contribution in [0.4, 0.5) is 0 Å². The molecule has 1 aliphatic rings. The second-order valence-corrected chi connectivity index (χ2v) is 6.43. The fraction of sp³-hybridized carbons (Fsp3) is 0.105. The maximum Gasteiger partial charge on any atom is 0.348 e. The van der Waals surface area contributed by atoms with E-state index < -0.39 is 5.63 Å². The molecule has 0 saturated heterocycles. The highest BCUT2D eigenvalue weighted by Crippen LogP contribution is 2.31. The van der Waals surface area contributed by atoms with E-state index in [4.69, 9.17) is 16.0 Å². The Bertz CT molecular complexity index is 1260. The smallest absolute Gasteiger partial charge is 0.348 e. The first-order valence-corrected chi connectivity index (χ1v) is 8.59. The van der Waals surface area contributed by atoms with Crippen LogP contribution in [0.15, 0.2) is 56.7 Å². The predicted octanol–water partition coefficient (Wildman–Crippen LogP) is 3.34. The van der Waals surface area contributed by atoms with E-state index in [9.17, 15) is 4.79 Å². The number of halogens is 1. The number of fused-ring (bicyclic) bond motifs is 2. The molecule has 0 radical (unpaired) electrons. The second-order valence-electron chi connectivity index (χ2n) is 6.05. The van der Waals surface area contributed by atoms with Crippen LogP contribution in [0.25, 0.3) is 33.4 Å². The molecule has 0 saturated carbocycles. The molecule has 6 nitrogen and oxygen atoms in total. The van der Waals surface area contributed by atoms with Crippen LogP contribution >= 0.6 is 11.6 Å². The zero-order valence-corrected chi connectivity index (χ0v) is 14.3. The van der Waals surface area contributed by atoms with Gasteiger partial charge in [0.15, 0.2) is 0 Å². The second kappa shape index (κ2) is 5.71. The molecule has 26 heavy (non-hydrogen) atoms. The average Bonchev–Trinajstić information content (AvgIpc) is 3.31. The van der Waals surface area contributed by atoms with Crippen molar-refractivity contribution in [3.05, 3.63) is 63.5 Å². The third-order valence-electron chi connectivity index (χ3n) is 4.42. The number of H-pyrrole nitrogens is 1. The zero-order chi connectivity index (χ0) is 17.7. The van der Waals surface area contributed by atoms with E-state index in [2.05, 4.69) is 20.3 Å². The van der Waals surface area contributed by atoms with Crippen molar-refractivity contribution in [2.24, 2.45) is 4.99 Å². The number of nitrogens with one attached hydrogen (secondary N) is 2. The van der Waals surface area contributed by atoms with Crippen molar-refractivity contribution in [2.45, 2.75) is 0 Å². The highest BCUT2D eigenvalue weighted by atomic mass is 35.5. The third-order valence-corrected chi connectivity index (χ3v) is 4.81. The van der Waals surface area contributed by atoms with Gasteiger partial charge in [0.05, 0.1) is 22.6 Å². The maximum absolute atomic E-state index is 12.5. The van der Waals surface area contributed by atoms with Crippen LogP contribution in [-0.2, 0) is 0 Å². The topological polar surface area (TPSA) is 83.3 Å². The van der Waals surface area contributed by atoms with Gasteiger partial charge in [0, 0.05) is 17.5 Å². The highest BCUT2D eigenvalue weighted by Gasteiger charge is 2.18. The van der Waals surface area contributed by atoms with Crippen LogP contribution in [0, 0.1) is 0 Å². The molecule has 0 atom stereocenters. The molecule has 2 aromatic carbocycles. The summed E-state index contributed by atoms with van der Waals surface area (Å²) in [4.78, 5) is 24.6. The summed E-state index contributed by atoms with van der Waals surface area (Å²) in [5.74, 6) is 1.26. The average molecular weight is 365 g/mol. The molecule has 7 heteroatoms. The third kappa shape index (κ3) is 2.30. The van der Waals surface area contributed by atoms with Crippen molar-refractivity contribution >= 4 is 39.4 Å². The molecule has 128 valence electrons. The van der Waals surface area contributed by atoms with E-state index in [1.54, 1.807) is 12.1 Å². The lowest BCUT2D eigenvalue weighted by Gasteiger charge is -2.03. The summed E-state index contributed by atoms with van der Waals surface area (Å²) in [6, 6.07) is 13.0. The van der Waals surface area contributed by atoms with Crippen molar-refractivity contribution < 1.29 is 4.42 Å². The number of imidazole rings is 1. The van der Waals surface area contributed by atoms with Gasteiger partial charge in [-0.25, -0.2) is 9.78 Å². The number of rotatable bonds is 2. The van der Waals surface area contributed by atoms with Gasteiger partial charge >= 0.3 is 5.63 Å². The molecule has 0 unspecified atom stereocenters. The van der Waals surface area contributed by atoms with E-state index in [0.29, 0.717) is 21.8 Å². The lowest BCUT2D eigenvalue weighted by atomic mass is 10.2. The van der Waals surface area contributed by atoms with Crippen molar-refractivity contribution in [3.8, 4) is 11.4 Å². The first kappa shape index (κ1) is 15.2. The summed E-state index contributed by atoms with van der Waals surface area (Å²) in [6.45, 7) is 1.62. The lowest BCUT2D eigenvalue weighted by molar-refractivity contribution is 0.563. The number of hydrogen-bond acceptors (Lipinski definition) is 5. The van der Waals surface area contributed by atoms with Crippen LogP contribution in [-0.4, -0.2) is 28.9 Å². The highest BCUT2D eigenvalue weighted by molar-refractivity contribution is 6.37. The number of aliphatic imine (C=N–C) groups is 1. The van der Waals surface area contributed by atoms with Gasteiger partial charge in [-0.1, -0.05) is 23.7 Å². The number of nitrogens with zero attached hydrogens (tertiary/aromatic N) is 2. The summed E-state index contributed by atoms with van der Waals surface area (Å²) in [5, 5.41) is 4.25. The Hall–Kier alpha value is -3.12. The molecular formula is C19H13ClN4O2. The lowest BCUT2D eigenvalue weighted by Crippen LogP contribution is -2.19. The summed E-state index contributed by atoms with van der Waals surface area (Å²) in [6.07, 6.45) is 0. The van der Waals surface area contributed by atoms with Gasteiger partial charge < -0.3 is 14.7 Å². The van der Waals surface area contributed by atoms with Crippen LogP contribution < -0.4 is 10.9 Å². The first-order chi connectivity index (χ1) is 12.7. The molecule has 5 rings (SSSR count). The minimum absolute atomic E-state index is 0.236. The van der Waals surface area contributed by atoms with Gasteiger partial charge in [-0.3, -0.25) is 4.99 Å². The maximum atomic E-state index is 12.5. The Morgan fingerprint density at radius 2 is 2.04 bits per heavy atom. The molecule has 2 N–H and O–H groups in total. The Kier molecular flexibility index (Phi) is 3.33. The Balaban J connectivity index is 1.70. The minimum atomic E-state index is -0.519.